The highest BCUT2D eigenvalue weighted by molar-refractivity contribution is 5.65. The van der Waals surface area contributed by atoms with Gasteiger partial charge < -0.3 is 19.7 Å². The molecule has 0 bridgehead atoms. The van der Waals surface area contributed by atoms with E-state index >= 15 is 0 Å². The van der Waals surface area contributed by atoms with Crippen LogP contribution in [0.15, 0.2) is 15.8 Å². The SMILES string of the molecule is CC(=O)OC[C@H]1O[C@@H](n2cc(CO)c(=O)[nH]c2=O)C[C@@H]1O. The largest absolute Gasteiger partial charge is 0.463 e. The van der Waals surface area contributed by atoms with Gasteiger partial charge in [-0.3, -0.25) is 19.1 Å². The predicted molar refractivity (Wildman–Crippen MR) is 68.4 cm³/mol. The van der Waals surface area contributed by atoms with Gasteiger partial charge in [0.1, 0.15) is 18.9 Å². The maximum absolute atomic E-state index is 11.8. The van der Waals surface area contributed by atoms with Crippen LogP contribution < -0.4 is 11.2 Å². The third-order valence-electron chi connectivity index (χ3n) is 3.18. The maximum atomic E-state index is 11.8. The number of rotatable bonds is 4. The minimum atomic E-state index is -0.911. The molecule has 0 aromatic carbocycles. The van der Waals surface area contributed by atoms with Gasteiger partial charge in [0.2, 0.25) is 0 Å². The minimum absolute atomic E-state index is 0.0103. The lowest BCUT2D eigenvalue weighted by Crippen LogP contribution is -2.34. The van der Waals surface area contributed by atoms with Gasteiger partial charge in [-0.1, -0.05) is 0 Å². The summed E-state index contributed by atoms with van der Waals surface area (Å²) in [6, 6.07) is 0. The molecule has 1 aliphatic rings. The number of H-pyrrole nitrogens is 1. The Morgan fingerprint density at radius 1 is 1.57 bits per heavy atom. The molecule has 9 nitrogen and oxygen atoms in total. The minimum Gasteiger partial charge on any atom is -0.463 e. The lowest BCUT2D eigenvalue weighted by atomic mass is 10.2. The lowest BCUT2D eigenvalue weighted by Gasteiger charge is -2.16. The first-order valence-electron chi connectivity index (χ1n) is 6.34. The van der Waals surface area contributed by atoms with E-state index in [0.29, 0.717) is 0 Å². The summed E-state index contributed by atoms with van der Waals surface area (Å²) < 4.78 is 11.3. The van der Waals surface area contributed by atoms with Crippen LogP contribution in [0.1, 0.15) is 25.1 Å². The number of carbonyl (C=O) groups excluding carboxylic acids is 1. The molecule has 0 amide bonds. The number of aromatic amines is 1. The van der Waals surface area contributed by atoms with E-state index < -0.39 is 42.3 Å². The van der Waals surface area contributed by atoms with Crippen LogP contribution in [0.2, 0.25) is 0 Å². The van der Waals surface area contributed by atoms with Crippen molar-refractivity contribution in [1.82, 2.24) is 9.55 Å². The van der Waals surface area contributed by atoms with E-state index in [1.54, 1.807) is 0 Å². The predicted octanol–water partition coefficient (Wildman–Crippen LogP) is -1.76. The van der Waals surface area contributed by atoms with E-state index in [9.17, 15) is 19.5 Å². The quantitative estimate of drug-likeness (QED) is 0.561. The van der Waals surface area contributed by atoms with Crippen molar-refractivity contribution in [2.75, 3.05) is 6.61 Å². The average Bonchev–Trinajstić information content (AvgIpc) is 2.77. The molecular weight excluding hydrogens is 284 g/mol. The van der Waals surface area contributed by atoms with Gasteiger partial charge in [-0.25, -0.2) is 4.79 Å². The second kappa shape index (κ2) is 6.20. The topological polar surface area (TPSA) is 131 Å². The molecule has 0 saturated carbocycles. The van der Waals surface area contributed by atoms with Crippen LogP contribution in [0, 0.1) is 0 Å². The number of aliphatic hydroxyl groups is 2. The molecule has 21 heavy (non-hydrogen) atoms. The van der Waals surface area contributed by atoms with Crippen LogP contribution in [-0.4, -0.2) is 44.5 Å². The van der Waals surface area contributed by atoms with E-state index in [1.807, 2.05) is 0 Å². The Morgan fingerprint density at radius 2 is 2.29 bits per heavy atom. The number of nitrogens with zero attached hydrogens (tertiary/aromatic N) is 1. The fourth-order valence-corrected chi connectivity index (χ4v) is 2.09. The lowest BCUT2D eigenvalue weighted by molar-refractivity contribution is -0.147. The monoisotopic (exact) mass is 300 g/mol. The summed E-state index contributed by atoms with van der Waals surface area (Å²) in [5, 5.41) is 18.9. The van der Waals surface area contributed by atoms with Crippen molar-refractivity contribution in [3.05, 3.63) is 32.6 Å². The zero-order valence-corrected chi connectivity index (χ0v) is 11.3. The van der Waals surface area contributed by atoms with Gasteiger partial charge in [0, 0.05) is 19.5 Å². The average molecular weight is 300 g/mol. The molecule has 2 heterocycles. The standard InChI is InChI=1S/C12H16N2O7/c1-6(16)20-5-9-8(17)2-10(21-9)14-3-7(4-15)11(18)13-12(14)19/h3,8-10,15,17H,2,4-5H2,1H3,(H,13,18,19)/t8-,9+,10+/m0/s1. The zero-order valence-electron chi connectivity index (χ0n) is 11.3. The summed E-state index contributed by atoms with van der Waals surface area (Å²) in [4.78, 5) is 35.9. The highest BCUT2D eigenvalue weighted by Crippen LogP contribution is 2.27. The molecule has 3 N–H and O–H groups in total. The number of aromatic nitrogens is 2. The van der Waals surface area contributed by atoms with Crippen molar-refractivity contribution >= 4 is 5.97 Å². The van der Waals surface area contributed by atoms with Crippen molar-refractivity contribution in [2.45, 2.75) is 38.4 Å². The van der Waals surface area contributed by atoms with Crippen molar-refractivity contribution in [1.29, 1.82) is 0 Å². The Balaban J connectivity index is 2.19. The molecule has 0 spiro atoms. The van der Waals surface area contributed by atoms with Gasteiger partial charge in [-0.2, -0.15) is 0 Å². The molecule has 3 atom stereocenters. The number of aliphatic hydroxyl groups excluding tert-OH is 2. The molecule has 1 aromatic rings. The van der Waals surface area contributed by atoms with Gasteiger partial charge in [-0.15, -0.1) is 0 Å². The third kappa shape index (κ3) is 3.38. The van der Waals surface area contributed by atoms with Crippen LogP contribution in [0.3, 0.4) is 0 Å². The number of ether oxygens (including phenoxy) is 2. The van der Waals surface area contributed by atoms with E-state index in [0.717, 1.165) is 4.57 Å². The van der Waals surface area contributed by atoms with Gasteiger partial charge >= 0.3 is 11.7 Å². The smallest absolute Gasteiger partial charge is 0.330 e. The number of hydrogen-bond acceptors (Lipinski definition) is 7. The van der Waals surface area contributed by atoms with E-state index in [-0.39, 0.29) is 18.6 Å². The fourth-order valence-electron chi connectivity index (χ4n) is 2.09. The highest BCUT2D eigenvalue weighted by atomic mass is 16.6. The van der Waals surface area contributed by atoms with Crippen molar-refractivity contribution < 1.29 is 24.5 Å². The molecule has 1 aromatic heterocycles. The van der Waals surface area contributed by atoms with Gasteiger partial charge in [0.25, 0.3) is 5.56 Å². The number of esters is 1. The Morgan fingerprint density at radius 3 is 2.90 bits per heavy atom. The summed E-state index contributed by atoms with van der Waals surface area (Å²) >= 11 is 0. The summed E-state index contributed by atoms with van der Waals surface area (Å²) in [7, 11) is 0. The van der Waals surface area contributed by atoms with E-state index in [4.69, 9.17) is 14.6 Å². The summed E-state index contributed by atoms with van der Waals surface area (Å²) in [5.41, 5.74) is -1.37. The molecule has 9 heteroatoms. The van der Waals surface area contributed by atoms with Crippen LogP contribution in [0.4, 0.5) is 0 Å². The number of carbonyl (C=O) groups is 1. The van der Waals surface area contributed by atoms with Crippen molar-refractivity contribution in [2.24, 2.45) is 0 Å². The van der Waals surface area contributed by atoms with Gasteiger partial charge in [0.05, 0.1) is 18.3 Å². The first-order valence-corrected chi connectivity index (χ1v) is 6.34. The number of nitrogens with one attached hydrogen (secondary N) is 1. The van der Waals surface area contributed by atoms with E-state index in [1.165, 1.54) is 13.1 Å². The third-order valence-corrected chi connectivity index (χ3v) is 3.18. The molecule has 1 fully saturated rings. The normalized spacial score (nSPS) is 25.0. The Labute approximate surface area is 118 Å². The number of hydrogen-bond donors (Lipinski definition) is 3. The van der Waals surface area contributed by atoms with Crippen molar-refractivity contribution in [3.8, 4) is 0 Å². The molecule has 116 valence electrons. The molecule has 2 rings (SSSR count). The summed E-state index contributed by atoms with van der Waals surface area (Å²) in [6.07, 6.45) is -1.19. The fraction of sp³-hybridized carbons (Fsp3) is 0.583. The summed E-state index contributed by atoms with van der Waals surface area (Å²) in [6.45, 7) is 0.582. The molecule has 1 saturated heterocycles. The second-order valence-corrected chi connectivity index (χ2v) is 4.71. The van der Waals surface area contributed by atoms with Crippen LogP contribution >= 0.6 is 0 Å². The van der Waals surface area contributed by atoms with Crippen LogP contribution in [-0.2, 0) is 20.9 Å². The molecule has 1 aliphatic heterocycles. The van der Waals surface area contributed by atoms with E-state index in [2.05, 4.69) is 4.98 Å². The zero-order chi connectivity index (χ0) is 15.6. The van der Waals surface area contributed by atoms with Crippen LogP contribution in [0.5, 0.6) is 0 Å². The second-order valence-electron chi connectivity index (χ2n) is 4.71. The first-order chi connectivity index (χ1) is 9.92. The highest BCUT2D eigenvalue weighted by Gasteiger charge is 2.36. The Hall–Kier alpha value is -1.97. The molecule has 0 radical (unpaired) electrons. The van der Waals surface area contributed by atoms with Crippen LogP contribution in [0.25, 0.3) is 0 Å². The summed E-state index contributed by atoms with van der Waals surface area (Å²) in [5.74, 6) is -0.502. The van der Waals surface area contributed by atoms with Crippen molar-refractivity contribution in [3.63, 3.8) is 0 Å². The Kier molecular flexibility index (Phi) is 4.56. The molecule has 0 unspecified atom stereocenters. The molecular formula is C12H16N2O7. The Bertz CT molecular complexity index is 635. The molecule has 0 aliphatic carbocycles. The first kappa shape index (κ1) is 15.4. The van der Waals surface area contributed by atoms with Gasteiger partial charge in [0.15, 0.2) is 0 Å². The maximum Gasteiger partial charge on any atom is 0.330 e. The van der Waals surface area contributed by atoms with Gasteiger partial charge in [-0.05, 0) is 0 Å².